The number of Topliss-reactive ketones (excluding diaryl/α,β-unsaturated/α-hetero) is 1. The molecule has 0 atom stereocenters. The molecule has 0 aliphatic heterocycles. The fraction of sp³-hybridized carbons (Fsp3) is 0.433. The fourth-order valence-corrected chi connectivity index (χ4v) is 5.04. The van der Waals surface area contributed by atoms with Gasteiger partial charge >= 0.3 is 23.6 Å². The first kappa shape index (κ1) is 30.8. The molecule has 0 spiro atoms. The summed E-state index contributed by atoms with van der Waals surface area (Å²) in [6.45, 7) is 4.37. The fourth-order valence-electron chi connectivity index (χ4n) is 4.79. The van der Waals surface area contributed by atoms with Crippen LogP contribution in [0.1, 0.15) is 81.1 Å². The van der Waals surface area contributed by atoms with E-state index in [1.807, 2.05) is 0 Å². The second-order valence-corrected chi connectivity index (χ2v) is 10.7. The zero-order valence-electron chi connectivity index (χ0n) is 23.8. The summed E-state index contributed by atoms with van der Waals surface area (Å²) in [7, 11) is 0. The summed E-state index contributed by atoms with van der Waals surface area (Å²) in [5.41, 5.74) is 2.32. The number of aryl methyl sites for hydroxylation is 1. The monoisotopic (exact) mass is 598 g/mol. The number of halogens is 1. The van der Waals surface area contributed by atoms with Gasteiger partial charge in [-0.15, -0.1) is 0 Å². The van der Waals surface area contributed by atoms with Crippen LogP contribution in [0.25, 0.3) is 22.2 Å². The maximum Gasteiger partial charge on any atom is 0.428 e. The van der Waals surface area contributed by atoms with Gasteiger partial charge in [-0.2, -0.15) is 9.13 Å². The molecular formula is C30H35ClN4O7. The zero-order chi connectivity index (χ0) is 30.2. The number of oxazole rings is 2. The average molecular weight is 599 g/mol. The van der Waals surface area contributed by atoms with E-state index in [2.05, 4.69) is 17.6 Å². The van der Waals surface area contributed by atoms with Gasteiger partial charge in [-0.05, 0) is 68.5 Å². The molecule has 2 amide bonds. The van der Waals surface area contributed by atoms with Crippen molar-refractivity contribution < 1.29 is 23.2 Å². The number of benzene rings is 2. The smallest absolute Gasteiger partial charge is 0.407 e. The first-order chi connectivity index (χ1) is 20.2. The van der Waals surface area contributed by atoms with Crippen molar-refractivity contribution in [3.8, 4) is 0 Å². The lowest BCUT2D eigenvalue weighted by atomic mass is 10.1. The number of fused-ring (bicyclic) bond motifs is 2. The number of hydrogen-bond acceptors (Lipinski definition) is 7. The molecule has 4 aromatic rings. The largest absolute Gasteiger partial charge is 0.428 e. The van der Waals surface area contributed by atoms with Gasteiger partial charge in [0.2, 0.25) is 0 Å². The summed E-state index contributed by atoms with van der Waals surface area (Å²) in [5.74, 6) is -1.73. The maximum atomic E-state index is 12.6. The van der Waals surface area contributed by atoms with Gasteiger partial charge in [0, 0.05) is 23.7 Å². The number of rotatable bonds is 13. The van der Waals surface area contributed by atoms with Crippen molar-refractivity contribution >= 4 is 51.6 Å². The van der Waals surface area contributed by atoms with E-state index < -0.39 is 23.6 Å². The number of aromatic nitrogens is 2. The number of nitrogens with zero attached hydrogens (tertiary/aromatic N) is 2. The Hall–Kier alpha value is -4.12. The summed E-state index contributed by atoms with van der Waals surface area (Å²) >= 11 is 6.49. The molecule has 2 aromatic carbocycles. The van der Waals surface area contributed by atoms with E-state index in [9.17, 15) is 24.0 Å². The molecule has 0 saturated carbocycles. The molecule has 0 fully saturated rings. The summed E-state index contributed by atoms with van der Waals surface area (Å²) in [6, 6.07) is 6.69. The van der Waals surface area contributed by atoms with Crippen LogP contribution < -0.4 is 22.1 Å². The molecule has 0 unspecified atom stereocenters. The van der Waals surface area contributed by atoms with Gasteiger partial charge in [-0.25, -0.2) is 19.2 Å². The van der Waals surface area contributed by atoms with E-state index in [1.54, 1.807) is 18.2 Å². The van der Waals surface area contributed by atoms with E-state index in [4.69, 9.17) is 20.4 Å². The average Bonchev–Trinajstić information content (AvgIpc) is 3.45. The highest BCUT2D eigenvalue weighted by Crippen LogP contribution is 2.25. The third-order valence-electron chi connectivity index (χ3n) is 7.10. The maximum absolute atomic E-state index is 12.6. The Morgan fingerprint density at radius 3 is 1.95 bits per heavy atom. The lowest BCUT2D eigenvalue weighted by Gasteiger charge is -2.07. The first-order valence-electron chi connectivity index (χ1n) is 14.3. The van der Waals surface area contributed by atoms with Crippen LogP contribution in [0.5, 0.6) is 0 Å². The molecule has 2 heterocycles. The van der Waals surface area contributed by atoms with E-state index in [1.165, 1.54) is 19.1 Å². The van der Waals surface area contributed by atoms with Gasteiger partial charge in [-0.3, -0.25) is 4.79 Å². The van der Waals surface area contributed by atoms with Crippen LogP contribution in [0.15, 0.2) is 48.8 Å². The van der Waals surface area contributed by atoms with Crippen LogP contribution in [0.2, 0.25) is 5.02 Å². The van der Waals surface area contributed by atoms with E-state index in [-0.39, 0.29) is 11.4 Å². The molecular weight excluding hydrogens is 564 g/mol. The first-order valence-corrected chi connectivity index (χ1v) is 14.7. The van der Waals surface area contributed by atoms with Crippen molar-refractivity contribution in [1.82, 2.24) is 19.8 Å². The SMILES string of the molecule is CCCCCCNC(=O)n1c(=O)oc2cc(CCCCCCNC(=O)n3c(=O)oc4cc(C(C)=O)ccc43)c(Cl)cc21. The molecule has 0 saturated heterocycles. The van der Waals surface area contributed by atoms with Gasteiger partial charge in [0.15, 0.2) is 16.9 Å². The Labute approximate surface area is 246 Å². The van der Waals surface area contributed by atoms with Gasteiger partial charge in [0.25, 0.3) is 0 Å². The highest BCUT2D eigenvalue weighted by Gasteiger charge is 2.19. The zero-order valence-corrected chi connectivity index (χ0v) is 24.6. The summed E-state index contributed by atoms with van der Waals surface area (Å²) in [6.07, 6.45) is 7.89. The van der Waals surface area contributed by atoms with Gasteiger partial charge in [-0.1, -0.05) is 50.6 Å². The molecule has 0 aliphatic carbocycles. The quantitative estimate of drug-likeness (QED) is 0.145. The molecule has 2 aromatic heterocycles. The number of unbranched alkanes of at least 4 members (excludes halogenated alkanes) is 6. The van der Waals surface area contributed by atoms with Crippen LogP contribution >= 0.6 is 11.6 Å². The molecule has 4 rings (SSSR count). The van der Waals surface area contributed by atoms with Crippen LogP contribution in [0.4, 0.5) is 9.59 Å². The Morgan fingerprint density at radius 2 is 1.33 bits per heavy atom. The van der Waals surface area contributed by atoms with Crippen LogP contribution in [0.3, 0.4) is 0 Å². The van der Waals surface area contributed by atoms with Crippen LogP contribution in [0, 0.1) is 0 Å². The molecule has 11 nitrogen and oxygen atoms in total. The van der Waals surface area contributed by atoms with E-state index >= 15 is 0 Å². The molecule has 2 N–H and O–H groups in total. The predicted molar refractivity (Wildman–Crippen MR) is 160 cm³/mol. The number of ketones is 1. The molecule has 12 heteroatoms. The summed E-state index contributed by atoms with van der Waals surface area (Å²) in [5, 5.41) is 5.95. The van der Waals surface area contributed by atoms with Crippen molar-refractivity contribution in [2.75, 3.05) is 13.1 Å². The number of amides is 2. The number of carbonyl (C=O) groups excluding carboxylic acids is 3. The molecule has 0 aliphatic rings. The third-order valence-corrected chi connectivity index (χ3v) is 7.45. The lowest BCUT2D eigenvalue weighted by Crippen LogP contribution is -2.34. The van der Waals surface area contributed by atoms with Gasteiger partial charge in [0.05, 0.1) is 5.52 Å². The standard InChI is InChI=1S/C30H35ClN4O7/c1-3-4-5-9-14-33-28(38)35-24-18-22(31)21(17-26(24)42-30(35)40)11-8-6-7-10-15-32-27(37)34-23-13-12-20(19(2)36)16-25(23)41-29(34)39/h12-13,16-18H,3-11,14-15H2,1-2H3,(H,32,37)(H,33,38). The molecule has 42 heavy (non-hydrogen) atoms. The number of carbonyl (C=O) groups is 3. The second-order valence-electron chi connectivity index (χ2n) is 10.2. The van der Waals surface area contributed by atoms with Gasteiger partial charge in [0.1, 0.15) is 5.52 Å². The Bertz CT molecular complexity index is 1710. The molecule has 0 bridgehead atoms. The predicted octanol–water partition coefficient (Wildman–Crippen LogP) is 5.86. The topological polar surface area (TPSA) is 146 Å². The second kappa shape index (κ2) is 14.2. The minimum atomic E-state index is -0.814. The summed E-state index contributed by atoms with van der Waals surface area (Å²) < 4.78 is 12.4. The van der Waals surface area contributed by atoms with Crippen molar-refractivity contribution in [1.29, 1.82) is 0 Å². The third kappa shape index (κ3) is 7.20. The number of hydrogen-bond donors (Lipinski definition) is 2. The normalized spacial score (nSPS) is 11.3. The van der Waals surface area contributed by atoms with E-state index in [0.717, 1.165) is 59.6 Å². The minimum Gasteiger partial charge on any atom is -0.407 e. The van der Waals surface area contributed by atoms with E-state index in [0.29, 0.717) is 53.1 Å². The Balaban J connectivity index is 1.24. The van der Waals surface area contributed by atoms with Crippen LogP contribution in [-0.4, -0.2) is 40.1 Å². The van der Waals surface area contributed by atoms with Crippen molar-refractivity contribution in [2.45, 2.75) is 71.6 Å². The van der Waals surface area contributed by atoms with Crippen molar-refractivity contribution in [3.63, 3.8) is 0 Å². The van der Waals surface area contributed by atoms with Crippen molar-refractivity contribution in [2.24, 2.45) is 0 Å². The van der Waals surface area contributed by atoms with Crippen molar-refractivity contribution in [3.05, 3.63) is 67.6 Å². The molecule has 224 valence electrons. The highest BCUT2D eigenvalue weighted by atomic mass is 35.5. The van der Waals surface area contributed by atoms with Gasteiger partial charge < -0.3 is 19.5 Å². The minimum absolute atomic E-state index is 0.168. The summed E-state index contributed by atoms with van der Waals surface area (Å²) in [4.78, 5) is 61.3. The highest BCUT2D eigenvalue weighted by molar-refractivity contribution is 6.32. The Morgan fingerprint density at radius 1 is 0.762 bits per heavy atom. The Kier molecular flexibility index (Phi) is 10.4. The number of nitrogens with one attached hydrogen (secondary N) is 2. The van der Waals surface area contributed by atoms with Crippen LogP contribution in [-0.2, 0) is 6.42 Å². The lowest BCUT2D eigenvalue weighted by molar-refractivity contribution is 0.101. The molecule has 0 radical (unpaired) electrons.